The van der Waals surface area contributed by atoms with Crippen molar-refractivity contribution in [1.29, 1.82) is 0 Å². The van der Waals surface area contributed by atoms with Gasteiger partial charge >= 0.3 is 0 Å². The number of anilines is 1. The molecule has 0 unspecified atom stereocenters. The topological polar surface area (TPSA) is 12.0 Å². The quantitative estimate of drug-likeness (QED) is 0.690. The van der Waals surface area contributed by atoms with Crippen molar-refractivity contribution >= 4 is 28.4 Å². The van der Waals surface area contributed by atoms with Gasteiger partial charge in [-0.2, -0.15) is 0 Å². The van der Waals surface area contributed by atoms with Crippen molar-refractivity contribution in [3.8, 4) is 0 Å². The Kier molecular flexibility index (Phi) is 3.80. The van der Waals surface area contributed by atoms with Gasteiger partial charge in [-0.1, -0.05) is 18.2 Å². The number of rotatable bonds is 4. The highest BCUT2D eigenvalue weighted by Crippen LogP contribution is 2.33. The van der Waals surface area contributed by atoms with Crippen molar-refractivity contribution in [3.63, 3.8) is 0 Å². The number of hydrogen-bond donors (Lipinski definition) is 1. The van der Waals surface area contributed by atoms with Gasteiger partial charge in [0, 0.05) is 9.75 Å². The van der Waals surface area contributed by atoms with Gasteiger partial charge in [0.25, 0.3) is 0 Å². The van der Waals surface area contributed by atoms with Crippen LogP contribution in [0.25, 0.3) is 0 Å². The maximum Gasteiger partial charge on any atom is 0.181 e. The molecular weight excluding hydrogens is 296 g/mol. The molecular formula is C15H11F2NS2. The van der Waals surface area contributed by atoms with Crippen molar-refractivity contribution < 1.29 is 8.78 Å². The summed E-state index contributed by atoms with van der Waals surface area (Å²) in [7, 11) is 0. The number of thiophene rings is 2. The lowest BCUT2D eigenvalue weighted by molar-refractivity contribution is 0.510. The van der Waals surface area contributed by atoms with E-state index in [0.29, 0.717) is 0 Å². The summed E-state index contributed by atoms with van der Waals surface area (Å²) in [5.41, 5.74) is 0.178. The Labute approximate surface area is 123 Å². The number of benzene rings is 1. The van der Waals surface area contributed by atoms with Gasteiger partial charge in [0.2, 0.25) is 0 Å². The molecule has 0 fully saturated rings. The zero-order valence-corrected chi connectivity index (χ0v) is 12.0. The van der Waals surface area contributed by atoms with Crippen LogP contribution in [0.1, 0.15) is 15.8 Å². The standard InChI is InChI=1S/C15H11F2NS2/c16-10-4-1-5-11(14(10)17)18-15(12-6-2-8-19-12)13-7-3-9-20-13/h1-9,15,18H. The molecule has 0 saturated carbocycles. The van der Waals surface area contributed by atoms with E-state index in [9.17, 15) is 8.78 Å². The summed E-state index contributed by atoms with van der Waals surface area (Å²) >= 11 is 3.17. The van der Waals surface area contributed by atoms with Gasteiger partial charge in [0.1, 0.15) is 0 Å². The van der Waals surface area contributed by atoms with E-state index >= 15 is 0 Å². The monoisotopic (exact) mass is 307 g/mol. The van der Waals surface area contributed by atoms with E-state index in [1.807, 2.05) is 35.0 Å². The molecule has 1 nitrogen and oxygen atoms in total. The van der Waals surface area contributed by atoms with Crippen LogP contribution in [0.5, 0.6) is 0 Å². The normalized spacial score (nSPS) is 10.9. The third-order valence-electron chi connectivity index (χ3n) is 2.91. The fourth-order valence-electron chi connectivity index (χ4n) is 1.96. The fourth-order valence-corrected chi connectivity index (χ4v) is 3.63. The van der Waals surface area contributed by atoms with Crippen LogP contribution in [0.3, 0.4) is 0 Å². The summed E-state index contributed by atoms with van der Waals surface area (Å²) in [6, 6.07) is 11.9. The third-order valence-corrected chi connectivity index (χ3v) is 4.78. The molecule has 0 spiro atoms. The molecule has 3 aromatic rings. The largest absolute Gasteiger partial charge is 0.370 e. The molecule has 2 aromatic heterocycles. The minimum atomic E-state index is -0.842. The van der Waals surface area contributed by atoms with E-state index in [4.69, 9.17) is 0 Å². The molecule has 0 atom stereocenters. The van der Waals surface area contributed by atoms with Gasteiger partial charge in [-0.15, -0.1) is 22.7 Å². The molecule has 1 aromatic carbocycles. The zero-order valence-electron chi connectivity index (χ0n) is 10.3. The van der Waals surface area contributed by atoms with E-state index < -0.39 is 11.6 Å². The lowest BCUT2D eigenvalue weighted by Crippen LogP contribution is -2.11. The van der Waals surface area contributed by atoms with Crippen molar-refractivity contribution in [2.45, 2.75) is 6.04 Å². The summed E-state index contributed by atoms with van der Waals surface area (Å²) in [5.74, 6) is -1.68. The smallest absolute Gasteiger partial charge is 0.181 e. The molecule has 1 N–H and O–H groups in total. The first-order valence-corrected chi connectivity index (χ1v) is 7.79. The molecule has 0 saturated heterocycles. The van der Waals surface area contributed by atoms with Crippen LogP contribution >= 0.6 is 22.7 Å². The number of halogens is 2. The van der Waals surface area contributed by atoms with Gasteiger partial charge in [0.15, 0.2) is 11.6 Å². The van der Waals surface area contributed by atoms with Crippen molar-refractivity contribution in [2.75, 3.05) is 5.32 Å². The maximum absolute atomic E-state index is 13.8. The molecule has 0 radical (unpaired) electrons. The third kappa shape index (κ3) is 2.59. The van der Waals surface area contributed by atoms with Crippen molar-refractivity contribution in [1.82, 2.24) is 0 Å². The Morgan fingerprint density at radius 1 is 0.850 bits per heavy atom. The molecule has 20 heavy (non-hydrogen) atoms. The Bertz CT molecular complexity index is 644. The Hall–Kier alpha value is -1.72. The minimum absolute atomic E-state index is 0.161. The van der Waals surface area contributed by atoms with E-state index in [1.165, 1.54) is 6.07 Å². The van der Waals surface area contributed by atoms with Crippen LogP contribution in [0.4, 0.5) is 14.5 Å². The predicted molar refractivity (Wildman–Crippen MR) is 80.5 cm³/mol. The second kappa shape index (κ2) is 5.73. The van der Waals surface area contributed by atoms with E-state index in [0.717, 1.165) is 15.8 Å². The molecule has 0 amide bonds. The van der Waals surface area contributed by atoms with Gasteiger partial charge < -0.3 is 5.32 Å². The van der Waals surface area contributed by atoms with Gasteiger partial charge in [-0.25, -0.2) is 8.78 Å². The van der Waals surface area contributed by atoms with Crippen LogP contribution in [-0.4, -0.2) is 0 Å². The van der Waals surface area contributed by atoms with Crippen LogP contribution in [0.2, 0.25) is 0 Å². The van der Waals surface area contributed by atoms with Crippen LogP contribution in [0.15, 0.2) is 53.2 Å². The fraction of sp³-hybridized carbons (Fsp3) is 0.0667. The van der Waals surface area contributed by atoms with E-state index in [-0.39, 0.29) is 11.7 Å². The number of hydrogen-bond acceptors (Lipinski definition) is 3. The van der Waals surface area contributed by atoms with Crippen LogP contribution < -0.4 is 5.32 Å². The van der Waals surface area contributed by atoms with Crippen LogP contribution in [0, 0.1) is 11.6 Å². The summed E-state index contributed by atoms with van der Waals surface area (Å²) in [6.07, 6.45) is 0. The van der Waals surface area contributed by atoms with E-state index in [1.54, 1.807) is 28.7 Å². The van der Waals surface area contributed by atoms with Gasteiger partial charge in [0.05, 0.1) is 11.7 Å². The summed E-state index contributed by atoms with van der Waals surface area (Å²) in [6.45, 7) is 0. The first-order chi connectivity index (χ1) is 9.75. The Balaban J connectivity index is 1.97. The first kappa shape index (κ1) is 13.3. The van der Waals surface area contributed by atoms with Crippen LogP contribution in [-0.2, 0) is 0 Å². The molecule has 0 aliphatic carbocycles. The highest BCUT2D eigenvalue weighted by molar-refractivity contribution is 7.11. The molecule has 2 heterocycles. The van der Waals surface area contributed by atoms with Gasteiger partial charge in [-0.05, 0) is 35.0 Å². The van der Waals surface area contributed by atoms with Gasteiger partial charge in [-0.3, -0.25) is 0 Å². The molecule has 0 aliphatic rings. The maximum atomic E-state index is 13.8. The average Bonchev–Trinajstić information content (AvgIpc) is 3.13. The minimum Gasteiger partial charge on any atom is -0.370 e. The second-order valence-electron chi connectivity index (χ2n) is 4.21. The number of nitrogens with one attached hydrogen (secondary N) is 1. The van der Waals surface area contributed by atoms with Crippen molar-refractivity contribution in [2.24, 2.45) is 0 Å². The Morgan fingerprint density at radius 3 is 2.05 bits per heavy atom. The highest BCUT2D eigenvalue weighted by atomic mass is 32.1. The summed E-state index contributed by atoms with van der Waals surface area (Å²) in [5, 5.41) is 7.04. The van der Waals surface area contributed by atoms with Crippen molar-refractivity contribution in [3.05, 3.63) is 74.6 Å². The first-order valence-electron chi connectivity index (χ1n) is 6.03. The SMILES string of the molecule is Fc1cccc(NC(c2cccs2)c2cccs2)c1F. The lowest BCUT2D eigenvalue weighted by atomic mass is 10.2. The molecule has 0 aliphatic heterocycles. The molecule has 0 bridgehead atoms. The predicted octanol–water partition coefficient (Wildman–Crippen LogP) is 5.29. The molecule has 3 rings (SSSR count). The van der Waals surface area contributed by atoms with E-state index in [2.05, 4.69) is 5.32 Å². The lowest BCUT2D eigenvalue weighted by Gasteiger charge is -2.18. The Morgan fingerprint density at radius 2 is 1.50 bits per heavy atom. The second-order valence-corrected chi connectivity index (χ2v) is 6.17. The summed E-state index contributed by atoms with van der Waals surface area (Å²) in [4.78, 5) is 2.13. The molecule has 5 heteroatoms. The summed E-state index contributed by atoms with van der Waals surface area (Å²) < 4.78 is 27.1. The highest BCUT2D eigenvalue weighted by Gasteiger charge is 2.18. The zero-order chi connectivity index (χ0) is 13.9. The average molecular weight is 307 g/mol. The molecule has 102 valence electrons.